The van der Waals surface area contributed by atoms with Crippen LogP contribution in [0.15, 0.2) is 58.3 Å². The van der Waals surface area contributed by atoms with Gasteiger partial charge in [-0.3, -0.25) is 9.00 Å². The highest BCUT2D eigenvalue weighted by Crippen LogP contribution is 2.23. The van der Waals surface area contributed by atoms with Crippen molar-refractivity contribution in [2.45, 2.75) is 9.79 Å². The van der Waals surface area contributed by atoms with Crippen LogP contribution in [0.3, 0.4) is 0 Å². The maximum Gasteiger partial charge on any atom is 0.319 e. The van der Waals surface area contributed by atoms with Crippen molar-refractivity contribution in [3.63, 3.8) is 0 Å². The summed E-state index contributed by atoms with van der Waals surface area (Å²) in [5.41, 5.74) is 1.41. The van der Waals surface area contributed by atoms with E-state index in [4.69, 9.17) is 5.11 Å². The van der Waals surface area contributed by atoms with E-state index >= 15 is 0 Å². The van der Waals surface area contributed by atoms with Crippen LogP contribution in [0.2, 0.25) is 0 Å². The third kappa shape index (κ3) is 3.79. The zero-order valence-electron chi connectivity index (χ0n) is 11.1. The summed E-state index contributed by atoms with van der Waals surface area (Å²) in [6.07, 6.45) is 0. The second-order valence-electron chi connectivity index (χ2n) is 4.44. The molecule has 2 aromatic rings. The predicted molar refractivity (Wildman–Crippen MR) is 78.8 cm³/mol. The number of carboxylic acid groups (broad SMARTS) is 1. The summed E-state index contributed by atoms with van der Waals surface area (Å²) in [6.45, 7) is 0. The van der Waals surface area contributed by atoms with Crippen LogP contribution in [0, 0.1) is 0 Å². The highest BCUT2D eigenvalue weighted by Gasteiger charge is 2.18. The van der Waals surface area contributed by atoms with Crippen LogP contribution < -0.4 is 0 Å². The van der Waals surface area contributed by atoms with Gasteiger partial charge in [-0.15, -0.1) is 0 Å². The maximum absolute atomic E-state index is 11.8. The van der Waals surface area contributed by atoms with Crippen molar-refractivity contribution in [3.8, 4) is 11.1 Å². The molecule has 0 bridgehead atoms. The Labute approximate surface area is 129 Å². The normalized spacial score (nSPS) is 12.8. The molecule has 0 aromatic heterocycles. The van der Waals surface area contributed by atoms with Crippen LogP contribution in [0.4, 0.5) is 0 Å². The van der Waals surface area contributed by atoms with Crippen LogP contribution >= 0.6 is 0 Å². The summed E-state index contributed by atoms with van der Waals surface area (Å²) in [7, 11) is -3.86. The number of carbonyl (C=O) groups is 1. The fourth-order valence-corrected chi connectivity index (χ4v) is 3.26. The summed E-state index contributed by atoms with van der Waals surface area (Å²) in [5.74, 6) is -2.37. The van der Waals surface area contributed by atoms with Crippen LogP contribution in [-0.2, 0) is 25.7 Å². The lowest BCUT2D eigenvalue weighted by atomic mass is 10.1. The Balaban J connectivity index is 2.29. The Morgan fingerprint density at radius 2 is 1.45 bits per heavy atom. The third-order valence-corrected chi connectivity index (χ3v) is 5.18. The van der Waals surface area contributed by atoms with Crippen LogP contribution in [-0.4, -0.2) is 34.0 Å². The first kappa shape index (κ1) is 16.3. The molecule has 22 heavy (non-hydrogen) atoms. The van der Waals surface area contributed by atoms with Crippen LogP contribution in [0.5, 0.6) is 0 Å². The highest BCUT2D eigenvalue weighted by molar-refractivity contribution is 7.92. The number of rotatable bonds is 5. The monoisotopic (exact) mass is 339 g/mol. The lowest BCUT2D eigenvalue weighted by molar-refractivity contribution is -0.134. The van der Waals surface area contributed by atoms with Gasteiger partial charge >= 0.3 is 5.97 Å². The molecule has 6 nitrogen and oxygen atoms in total. The van der Waals surface area contributed by atoms with Crippen LogP contribution in [0.1, 0.15) is 0 Å². The van der Waals surface area contributed by atoms with E-state index in [2.05, 4.69) is 0 Å². The number of carboxylic acids is 1. The molecule has 116 valence electrons. The number of hydrogen-bond acceptors (Lipinski definition) is 5. The predicted octanol–water partition coefficient (Wildman–Crippen LogP) is 1.45. The lowest BCUT2D eigenvalue weighted by Gasteiger charge is -2.07. The van der Waals surface area contributed by atoms with Gasteiger partial charge < -0.3 is 9.66 Å². The van der Waals surface area contributed by atoms with Crippen molar-refractivity contribution >= 4 is 26.9 Å². The number of hydrogen-bond donors (Lipinski definition) is 1. The first-order chi connectivity index (χ1) is 10.3. The van der Waals surface area contributed by atoms with Gasteiger partial charge in [0, 0.05) is 4.90 Å². The molecule has 1 unspecified atom stereocenters. The Morgan fingerprint density at radius 3 is 1.86 bits per heavy atom. The summed E-state index contributed by atoms with van der Waals surface area (Å²) in [6, 6.07) is 11.8. The molecule has 0 spiro atoms. The average molecular weight is 339 g/mol. The Hall–Kier alpha value is -2.03. The van der Waals surface area contributed by atoms with Gasteiger partial charge in [0.25, 0.3) is 0 Å². The average Bonchev–Trinajstić information content (AvgIpc) is 2.46. The van der Waals surface area contributed by atoms with Crippen molar-refractivity contribution in [1.82, 2.24) is 0 Å². The molecule has 1 atom stereocenters. The molecule has 2 rings (SSSR count). The van der Waals surface area contributed by atoms with E-state index in [1.165, 1.54) is 36.4 Å². The molecule has 2 aromatic carbocycles. The van der Waals surface area contributed by atoms with E-state index in [-0.39, 0.29) is 9.79 Å². The Morgan fingerprint density at radius 1 is 1.00 bits per heavy atom. The number of aliphatic carboxylic acids is 1. The maximum atomic E-state index is 11.8. The molecule has 0 heterocycles. The van der Waals surface area contributed by atoms with Gasteiger partial charge in [0.05, 0.1) is 4.90 Å². The Kier molecular flexibility index (Phi) is 4.74. The second-order valence-corrected chi connectivity index (χ2v) is 7.37. The van der Waals surface area contributed by atoms with Crippen molar-refractivity contribution in [3.05, 3.63) is 48.5 Å². The van der Waals surface area contributed by atoms with E-state index in [0.717, 1.165) is 5.56 Å². The minimum Gasteiger partial charge on any atom is -0.768 e. The van der Waals surface area contributed by atoms with Crippen molar-refractivity contribution in [1.29, 1.82) is 0 Å². The quantitative estimate of drug-likeness (QED) is 0.825. The van der Waals surface area contributed by atoms with E-state index in [1.54, 1.807) is 12.1 Å². The summed E-state index contributed by atoms with van der Waals surface area (Å²) < 4.78 is 45.1. The van der Waals surface area contributed by atoms with E-state index < -0.39 is 32.6 Å². The SMILES string of the molecule is O=C(O)CS(=O)(=O)c1ccc(-c2ccc(S(=O)[O-])cc2)cc1. The zero-order chi connectivity index (χ0) is 16.3. The molecular weight excluding hydrogens is 328 g/mol. The topological polar surface area (TPSA) is 112 Å². The molecule has 0 aliphatic heterocycles. The van der Waals surface area contributed by atoms with E-state index in [1.807, 2.05) is 0 Å². The van der Waals surface area contributed by atoms with Crippen molar-refractivity contribution < 1.29 is 27.1 Å². The van der Waals surface area contributed by atoms with Gasteiger partial charge in [-0.05, 0) is 46.5 Å². The summed E-state index contributed by atoms with van der Waals surface area (Å²) in [5, 5.41) is 8.58. The smallest absolute Gasteiger partial charge is 0.319 e. The first-order valence-corrected chi connectivity index (χ1v) is 8.76. The third-order valence-electron chi connectivity index (χ3n) is 2.91. The van der Waals surface area contributed by atoms with Crippen molar-refractivity contribution in [2.24, 2.45) is 0 Å². The minimum absolute atomic E-state index is 0.0732. The van der Waals surface area contributed by atoms with Gasteiger partial charge in [-0.1, -0.05) is 24.3 Å². The first-order valence-electron chi connectivity index (χ1n) is 6.04. The zero-order valence-corrected chi connectivity index (χ0v) is 12.8. The fourth-order valence-electron chi connectivity index (χ4n) is 1.86. The summed E-state index contributed by atoms with van der Waals surface area (Å²) in [4.78, 5) is 10.6. The Bertz CT molecular complexity index is 807. The molecule has 0 saturated heterocycles. The fraction of sp³-hybridized carbons (Fsp3) is 0.0714. The van der Waals surface area contributed by atoms with Gasteiger partial charge in [0.1, 0.15) is 0 Å². The molecule has 0 fully saturated rings. The molecule has 0 saturated carbocycles. The molecular formula is C14H11O6S2-. The van der Waals surface area contributed by atoms with Crippen molar-refractivity contribution in [2.75, 3.05) is 5.75 Å². The van der Waals surface area contributed by atoms with Gasteiger partial charge in [-0.25, -0.2) is 8.42 Å². The van der Waals surface area contributed by atoms with E-state index in [9.17, 15) is 22.0 Å². The second kappa shape index (κ2) is 6.39. The van der Waals surface area contributed by atoms with Gasteiger partial charge in [0.15, 0.2) is 15.6 Å². The molecule has 8 heteroatoms. The molecule has 0 aliphatic rings. The number of sulfone groups is 1. The molecule has 0 aliphatic carbocycles. The minimum atomic E-state index is -3.86. The largest absolute Gasteiger partial charge is 0.768 e. The summed E-state index contributed by atoms with van der Waals surface area (Å²) >= 11 is -2.30. The molecule has 0 amide bonds. The van der Waals surface area contributed by atoms with E-state index in [0.29, 0.717) is 5.56 Å². The molecule has 0 radical (unpaired) electrons. The standard InChI is InChI=1S/C14H12O6S2/c15-14(16)9-22(19,20)13-7-3-11(4-8-13)10-1-5-12(6-2-10)21(17)18/h1-8H,9H2,(H,15,16)(H,17,18)/p-1. The lowest BCUT2D eigenvalue weighted by Crippen LogP contribution is -2.15. The molecule has 1 N–H and O–H groups in total. The number of benzene rings is 2. The van der Waals surface area contributed by atoms with Gasteiger partial charge in [-0.2, -0.15) is 0 Å². The van der Waals surface area contributed by atoms with Gasteiger partial charge in [0.2, 0.25) is 0 Å². The van der Waals surface area contributed by atoms with Crippen LogP contribution in [0.25, 0.3) is 11.1 Å². The highest BCUT2D eigenvalue weighted by atomic mass is 32.2.